The second-order valence-corrected chi connectivity index (χ2v) is 6.17. The molecule has 26 heavy (non-hydrogen) atoms. The number of carbonyl (C=O) groups excluding carboxylic acids is 2. The van der Waals surface area contributed by atoms with Gasteiger partial charge in [-0.2, -0.15) is 0 Å². The highest BCUT2D eigenvalue weighted by atomic mass is 16.2. The molecule has 6 heteroatoms. The molecule has 0 saturated heterocycles. The fourth-order valence-corrected chi connectivity index (χ4v) is 2.73. The third kappa shape index (κ3) is 4.53. The predicted octanol–water partition coefficient (Wildman–Crippen LogP) is 3.31. The Kier molecular flexibility index (Phi) is 6.22. The second kappa shape index (κ2) is 8.38. The van der Waals surface area contributed by atoms with Crippen LogP contribution in [-0.2, 0) is 9.59 Å². The number of nitrogens with zero attached hydrogens (tertiary/aromatic N) is 1. The summed E-state index contributed by atoms with van der Waals surface area (Å²) in [7, 11) is 0. The molecule has 2 aromatic carbocycles. The van der Waals surface area contributed by atoms with E-state index < -0.39 is 11.8 Å². The van der Waals surface area contributed by atoms with Gasteiger partial charge in [-0.25, -0.2) is 0 Å². The number of anilines is 4. The lowest BCUT2D eigenvalue weighted by Crippen LogP contribution is -2.29. The van der Waals surface area contributed by atoms with E-state index in [1.165, 1.54) is 0 Å². The molecule has 0 heterocycles. The molecular weight excluding hydrogens is 328 g/mol. The minimum atomic E-state index is -0.757. The van der Waals surface area contributed by atoms with Gasteiger partial charge in [0.05, 0.1) is 11.4 Å². The summed E-state index contributed by atoms with van der Waals surface area (Å²) in [6, 6.07) is 11.0. The van der Waals surface area contributed by atoms with E-state index in [9.17, 15) is 9.59 Å². The zero-order valence-corrected chi connectivity index (χ0v) is 15.7. The maximum Gasteiger partial charge on any atom is 0.314 e. The van der Waals surface area contributed by atoms with Crippen LogP contribution in [0.5, 0.6) is 0 Å². The van der Waals surface area contributed by atoms with Gasteiger partial charge in [0.1, 0.15) is 0 Å². The molecule has 0 atom stereocenters. The average Bonchev–Trinajstić information content (AvgIpc) is 2.60. The lowest BCUT2D eigenvalue weighted by molar-refractivity contribution is -0.132. The quantitative estimate of drug-likeness (QED) is 0.568. The van der Waals surface area contributed by atoms with E-state index in [1.807, 2.05) is 38.1 Å². The van der Waals surface area contributed by atoms with Crippen LogP contribution in [0.25, 0.3) is 0 Å². The number of hydrogen-bond donors (Lipinski definition) is 3. The molecule has 0 aliphatic rings. The molecule has 0 radical (unpaired) electrons. The van der Waals surface area contributed by atoms with E-state index in [-0.39, 0.29) is 0 Å². The molecule has 0 fully saturated rings. The minimum absolute atomic E-state index is 0.421. The van der Waals surface area contributed by atoms with Gasteiger partial charge in [0.15, 0.2) is 0 Å². The normalized spacial score (nSPS) is 10.3. The van der Waals surface area contributed by atoms with Crippen molar-refractivity contribution in [3.63, 3.8) is 0 Å². The zero-order chi connectivity index (χ0) is 19.3. The molecule has 0 bridgehead atoms. The molecule has 4 N–H and O–H groups in total. The zero-order valence-electron chi connectivity index (χ0n) is 15.7. The molecule has 2 amide bonds. The Labute approximate surface area is 154 Å². The van der Waals surface area contributed by atoms with Crippen molar-refractivity contribution in [1.82, 2.24) is 0 Å². The Morgan fingerprint density at radius 2 is 1.50 bits per heavy atom. The van der Waals surface area contributed by atoms with Crippen molar-refractivity contribution in [2.24, 2.45) is 0 Å². The van der Waals surface area contributed by atoms with Crippen molar-refractivity contribution in [2.45, 2.75) is 27.7 Å². The molecule has 0 spiro atoms. The van der Waals surface area contributed by atoms with E-state index in [2.05, 4.69) is 29.4 Å². The van der Waals surface area contributed by atoms with Gasteiger partial charge in [0.2, 0.25) is 0 Å². The molecule has 0 saturated carbocycles. The van der Waals surface area contributed by atoms with Crippen LogP contribution in [0.15, 0.2) is 36.4 Å². The molecule has 0 unspecified atom stereocenters. The Morgan fingerprint density at radius 1 is 0.923 bits per heavy atom. The average molecular weight is 354 g/mol. The van der Waals surface area contributed by atoms with Crippen LogP contribution in [0.1, 0.15) is 25.0 Å². The van der Waals surface area contributed by atoms with Gasteiger partial charge in [-0.05, 0) is 69.2 Å². The summed E-state index contributed by atoms with van der Waals surface area (Å²) in [5.74, 6) is -1.49. The molecule has 0 aromatic heterocycles. The Morgan fingerprint density at radius 3 is 2.04 bits per heavy atom. The van der Waals surface area contributed by atoms with E-state index in [1.54, 1.807) is 12.1 Å². The topological polar surface area (TPSA) is 87.5 Å². The van der Waals surface area contributed by atoms with Crippen LogP contribution < -0.4 is 21.3 Å². The molecule has 138 valence electrons. The number of hydrogen-bond acceptors (Lipinski definition) is 4. The summed E-state index contributed by atoms with van der Waals surface area (Å²) in [4.78, 5) is 26.6. The van der Waals surface area contributed by atoms with Gasteiger partial charge in [0.25, 0.3) is 0 Å². The van der Waals surface area contributed by atoms with Gasteiger partial charge in [-0.15, -0.1) is 0 Å². The maximum absolute atomic E-state index is 12.2. The highest BCUT2D eigenvalue weighted by Gasteiger charge is 2.16. The number of rotatable bonds is 5. The first-order valence-corrected chi connectivity index (χ1v) is 8.69. The monoisotopic (exact) mass is 354 g/mol. The summed E-state index contributed by atoms with van der Waals surface area (Å²) in [6.45, 7) is 9.80. The van der Waals surface area contributed by atoms with Crippen molar-refractivity contribution in [3.8, 4) is 0 Å². The maximum atomic E-state index is 12.2. The first kappa shape index (κ1) is 19.3. The number of nitrogens with two attached hydrogens (primary N) is 1. The van der Waals surface area contributed by atoms with Crippen molar-refractivity contribution in [3.05, 3.63) is 47.5 Å². The Balaban J connectivity index is 2.08. The fourth-order valence-electron chi connectivity index (χ4n) is 2.73. The summed E-state index contributed by atoms with van der Waals surface area (Å²) < 4.78 is 0. The number of amides is 2. The van der Waals surface area contributed by atoms with E-state index in [0.29, 0.717) is 17.1 Å². The van der Waals surface area contributed by atoms with Crippen LogP contribution in [0.2, 0.25) is 0 Å². The molecule has 2 rings (SSSR count). The van der Waals surface area contributed by atoms with Crippen LogP contribution in [0.4, 0.5) is 22.7 Å². The summed E-state index contributed by atoms with van der Waals surface area (Å²) in [5.41, 5.74) is 10.3. The second-order valence-electron chi connectivity index (χ2n) is 6.17. The van der Waals surface area contributed by atoms with Crippen LogP contribution in [0, 0.1) is 13.8 Å². The highest BCUT2D eigenvalue weighted by Crippen LogP contribution is 2.23. The Hall–Kier alpha value is -3.02. The lowest BCUT2D eigenvalue weighted by Gasteiger charge is -2.22. The smallest absolute Gasteiger partial charge is 0.314 e. The number of nitrogens with one attached hydrogen (secondary N) is 2. The largest absolute Gasteiger partial charge is 0.397 e. The van der Waals surface area contributed by atoms with Crippen molar-refractivity contribution >= 4 is 34.6 Å². The minimum Gasteiger partial charge on any atom is -0.397 e. The molecule has 0 aliphatic heterocycles. The van der Waals surface area contributed by atoms with Crippen molar-refractivity contribution in [1.29, 1.82) is 0 Å². The lowest BCUT2D eigenvalue weighted by atomic mass is 10.1. The van der Waals surface area contributed by atoms with Gasteiger partial charge < -0.3 is 21.3 Å². The fraction of sp³-hybridized carbons (Fsp3) is 0.300. The first-order valence-electron chi connectivity index (χ1n) is 8.69. The summed E-state index contributed by atoms with van der Waals surface area (Å²) in [5, 5.41) is 5.19. The van der Waals surface area contributed by atoms with Crippen molar-refractivity contribution in [2.75, 3.05) is 34.4 Å². The molecule has 2 aromatic rings. The van der Waals surface area contributed by atoms with E-state index >= 15 is 0 Å². The van der Waals surface area contributed by atoms with Gasteiger partial charge in [0, 0.05) is 24.5 Å². The standard InChI is InChI=1S/C20H26N4O2/c1-5-24(6-2)15-8-10-17(14(4)12-15)22-19(25)20(26)23-18-9-7-13(3)11-16(18)21/h7-12H,5-6,21H2,1-4H3,(H,22,25)(H,23,26). The molecule has 0 aliphatic carbocycles. The van der Waals surface area contributed by atoms with E-state index in [0.717, 1.165) is 29.9 Å². The first-order chi connectivity index (χ1) is 12.3. The number of benzene rings is 2. The molecular formula is C20H26N4O2. The third-order valence-electron chi connectivity index (χ3n) is 4.25. The highest BCUT2D eigenvalue weighted by molar-refractivity contribution is 6.44. The number of carbonyl (C=O) groups is 2. The van der Waals surface area contributed by atoms with Crippen LogP contribution in [0.3, 0.4) is 0 Å². The van der Waals surface area contributed by atoms with Gasteiger partial charge in [-0.1, -0.05) is 6.07 Å². The SMILES string of the molecule is CCN(CC)c1ccc(NC(=O)C(=O)Nc2ccc(C)cc2N)c(C)c1. The van der Waals surface area contributed by atoms with Crippen LogP contribution >= 0.6 is 0 Å². The summed E-state index contributed by atoms with van der Waals surface area (Å²) >= 11 is 0. The van der Waals surface area contributed by atoms with Crippen LogP contribution in [-0.4, -0.2) is 24.9 Å². The van der Waals surface area contributed by atoms with E-state index in [4.69, 9.17) is 5.73 Å². The predicted molar refractivity (Wildman–Crippen MR) is 108 cm³/mol. The van der Waals surface area contributed by atoms with Gasteiger partial charge >= 0.3 is 11.8 Å². The molecule has 6 nitrogen and oxygen atoms in total. The number of aryl methyl sites for hydroxylation is 2. The third-order valence-corrected chi connectivity index (χ3v) is 4.25. The Bertz CT molecular complexity index is 813. The number of nitrogen functional groups attached to an aromatic ring is 1. The summed E-state index contributed by atoms with van der Waals surface area (Å²) in [6.07, 6.45) is 0. The van der Waals surface area contributed by atoms with Gasteiger partial charge in [-0.3, -0.25) is 9.59 Å². The van der Waals surface area contributed by atoms with Crippen molar-refractivity contribution < 1.29 is 9.59 Å².